The van der Waals surface area contributed by atoms with E-state index in [1.54, 1.807) is 34.1 Å². The molecule has 1 saturated heterocycles. The second-order valence-corrected chi connectivity index (χ2v) is 7.76. The predicted octanol–water partition coefficient (Wildman–Crippen LogP) is 1.92. The van der Waals surface area contributed by atoms with Crippen LogP contribution >= 0.6 is 0 Å². The van der Waals surface area contributed by atoms with Crippen LogP contribution in [-0.2, 0) is 13.0 Å². The topological polar surface area (TPSA) is 88.7 Å². The molecule has 0 saturated carbocycles. The van der Waals surface area contributed by atoms with E-state index in [-0.39, 0.29) is 23.0 Å². The highest BCUT2D eigenvalue weighted by Crippen LogP contribution is 2.18. The first kappa shape index (κ1) is 18.6. The number of aryl methyl sites for hydroxylation is 2. The first-order valence-electron chi connectivity index (χ1n) is 10.3. The van der Waals surface area contributed by atoms with Gasteiger partial charge in [-0.25, -0.2) is 0 Å². The van der Waals surface area contributed by atoms with Crippen LogP contribution in [0.2, 0.25) is 0 Å². The summed E-state index contributed by atoms with van der Waals surface area (Å²) in [7, 11) is 0. The Morgan fingerprint density at radius 1 is 0.900 bits per heavy atom. The van der Waals surface area contributed by atoms with Gasteiger partial charge >= 0.3 is 0 Å². The predicted molar refractivity (Wildman–Crippen MR) is 109 cm³/mol. The second-order valence-electron chi connectivity index (χ2n) is 7.76. The fourth-order valence-electron chi connectivity index (χ4n) is 4.16. The standard InChI is InChI=1S/C22H22N4O4/c27-18-14-20(30-19-7-2-1-6-16(18)19)22(29)25-11-9-24(10-12-25)21(28)17-13-15-5-3-4-8-26(15)23-17/h1-2,6-7,13-14H,3-5,8-12H2. The fourth-order valence-corrected chi connectivity index (χ4v) is 4.16. The van der Waals surface area contributed by atoms with Crippen molar-refractivity contribution in [2.45, 2.75) is 25.8 Å². The van der Waals surface area contributed by atoms with E-state index in [0.29, 0.717) is 42.8 Å². The van der Waals surface area contributed by atoms with Crippen LogP contribution in [0.4, 0.5) is 0 Å². The van der Waals surface area contributed by atoms with Crippen LogP contribution in [0, 0.1) is 0 Å². The molecule has 30 heavy (non-hydrogen) atoms. The van der Waals surface area contributed by atoms with E-state index >= 15 is 0 Å². The van der Waals surface area contributed by atoms with Gasteiger partial charge in [-0.3, -0.25) is 19.1 Å². The van der Waals surface area contributed by atoms with Gasteiger partial charge in [-0.05, 0) is 37.5 Å². The SMILES string of the molecule is O=C(c1cc2n(n1)CCCC2)N1CCN(C(=O)c2cc(=O)c3ccccc3o2)CC1. The molecule has 0 atom stereocenters. The van der Waals surface area contributed by atoms with E-state index in [2.05, 4.69) is 5.10 Å². The van der Waals surface area contributed by atoms with Gasteiger partial charge in [0, 0.05) is 44.5 Å². The van der Waals surface area contributed by atoms with Crippen LogP contribution in [0.5, 0.6) is 0 Å². The zero-order valence-electron chi connectivity index (χ0n) is 16.5. The van der Waals surface area contributed by atoms with E-state index in [1.807, 2.05) is 10.7 Å². The van der Waals surface area contributed by atoms with Crippen LogP contribution in [0.15, 0.2) is 45.6 Å². The molecule has 0 spiro atoms. The average molecular weight is 406 g/mol. The Morgan fingerprint density at radius 2 is 1.63 bits per heavy atom. The highest BCUT2D eigenvalue weighted by Gasteiger charge is 2.28. The number of piperazine rings is 1. The van der Waals surface area contributed by atoms with Crippen LogP contribution < -0.4 is 5.43 Å². The highest BCUT2D eigenvalue weighted by molar-refractivity contribution is 5.94. The summed E-state index contributed by atoms with van der Waals surface area (Å²) in [6, 6.07) is 10.0. The monoisotopic (exact) mass is 406 g/mol. The molecular weight excluding hydrogens is 384 g/mol. The number of rotatable bonds is 2. The van der Waals surface area contributed by atoms with Gasteiger partial charge in [0.1, 0.15) is 5.58 Å². The third-order valence-corrected chi connectivity index (χ3v) is 5.83. The van der Waals surface area contributed by atoms with Crippen LogP contribution in [0.3, 0.4) is 0 Å². The Hall–Kier alpha value is -3.42. The molecule has 1 aromatic carbocycles. The van der Waals surface area contributed by atoms with Crippen LogP contribution in [0.1, 0.15) is 39.6 Å². The van der Waals surface area contributed by atoms with Crippen molar-refractivity contribution < 1.29 is 14.0 Å². The summed E-state index contributed by atoms with van der Waals surface area (Å²) in [5.74, 6) is -0.399. The van der Waals surface area contributed by atoms with Crippen molar-refractivity contribution in [3.63, 3.8) is 0 Å². The van der Waals surface area contributed by atoms with Crippen LogP contribution in [-0.4, -0.2) is 57.6 Å². The van der Waals surface area contributed by atoms with Crippen molar-refractivity contribution in [3.05, 3.63) is 63.8 Å². The molecule has 2 amide bonds. The molecule has 1 fully saturated rings. The quantitative estimate of drug-likeness (QED) is 0.649. The molecule has 0 unspecified atom stereocenters. The summed E-state index contributed by atoms with van der Waals surface area (Å²) < 4.78 is 7.59. The lowest BCUT2D eigenvalue weighted by atomic mass is 10.1. The largest absolute Gasteiger partial charge is 0.451 e. The maximum Gasteiger partial charge on any atom is 0.289 e. The number of aromatic nitrogens is 2. The number of benzene rings is 1. The van der Waals surface area contributed by atoms with Crippen molar-refractivity contribution in [3.8, 4) is 0 Å². The van der Waals surface area contributed by atoms with E-state index in [1.165, 1.54) is 6.07 Å². The molecule has 2 aliphatic heterocycles. The molecular formula is C22H22N4O4. The summed E-state index contributed by atoms with van der Waals surface area (Å²) in [4.78, 5) is 41.3. The molecule has 0 bridgehead atoms. The molecule has 0 aliphatic carbocycles. The Morgan fingerprint density at radius 3 is 2.40 bits per heavy atom. The zero-order chi connectivity index (χ0) is 20.7. The lowest BCUT2D eigenvalue weighted by Gasteiger charge is -2.34. The molecule has 8 nitrogen and oxygen atoms in total. The number of hydrogen-bond donors (Lipinski definition) is 0. The zero-order valence-corrected chi connectivity index (χ0v) is 16.5. The van der Waals surface area contributed by atoms with E-state index in [4.69, 9.17) is 4.42 Å². The Labute approximate surface area is 172 Å². The summed E-state index contributed by atoms with van der Waals surface area (Å²) in [6.45, 7) is 2.47. The molecule has 154 valence electrons. The molecule has 8 heteroatoms. The molecule has 0 N–H and O–H groups in total. The van der Waals surface area contributed by atoms with Gasteiger partial charge in [0.25, 0.3) is 11.8 Å². The Kier molecular flexibility index (Phi) is 4.61. The smallest absolute Gasteiger partial charge is 0.289 e. The number of para-hydroxylation sites is 1. The minimum atomic E-state index is -0.331. The van der Waals surface area contributed by atoms with E-state index < -0.39 is 0 Å². The Balaban J connectivity index is 1.27. The minimum Gasteiger partial charge on any atom is -0.451 e. The van der Waals surface area contributed by atoms with Gasteiger partial charge in [-0.1, -0.05) is 12.1 Å². The van der Waals surface area contributed by atoms with Gasteiger partial charge in [0.05, 0.1) is 5.39 Å². The number of carbonyl (C=O) groups excluding carboxylic acids is 2. The van der Waals surface area contributed by atoms with Crippen molar-refractivity contribution in [1.29, 1.82) is 0 Å². The third kappa shape index (κ3) is 3.28. The molecule has 0 radical (unpaired) electrons. The molecule has 2 aliphatic rings. The number of carbonyl (C=O) groups is 2. The van der Waals surface area contributed by atoms with Crippen molar-refractivity contribution in [2.24, 2.45) is 0 Å². The minimum absolute atomic E-state index is 0.0280. The number of amides is 2. The number of nitrogens with zero attached hydrogens (tertiary/aromatic N) is 4. The molecule has 2 aromatic heterocycles. The maximum absolute atomic E-state index is 12.8. The third-order valence-electron chi connectivity index (χ3n) is 5.83. The van der Waals surface area contributed by atoms with Gasteiger partial charge in [0.15, 0.2) is 16.9 Å². The van der Waals surface area contributed by atoms with Crippen molar-refractivity contribution >= 4 is 22.8 Å². The first-order chi connectivity index (χ1) is 14.6. The Bertz CT molecular complexity index is 1160. The van der Waals surface area contributed by atoms with E-state index in [9.17, 15) is 14.4 Å². The summed E-state index contributed by atoms with van der Waals surface area (Å²) in [5.41, 5.74) is 1.75. The normalized spacial score (nSPS) is 16.5. The van der Waals surface area contributed by atoms with Crippen LogP contribution in [0.25, 0.3) is 11.0 Å². The van der Waals surface area contributed by atoms with Gasteiger partial charge in [-0.15, -0.1) is 0 Å². The van der Waals surface area contributed by atoms with Gasteiger partial charge in [-0.2, -0.15) is 5.10 Å². The fraction of sp³-hybridized carbons (Fsp3) is 0.364. The van der Waals surface area contributed by atoms with E-state index in [0.717, 1.165) is 31.5 Å². The highest BCUT2D eigenvalue weighted by atomic mass is 16.3. The molecule has 4 heterocycles. The summed E-state index contributed by atoms with van der Waals surface area (Å²) in [5, 5.41) is 4.91. The molecule has 3 aromatic rings. The van der Waals surface area contributed by atoms with Crippen molar-refractivity contribution in [1.82, 2.24) is 19.6 Å². The molecule has 5 rings (SSSR count). The number of hydrogen-bond acceptors (Lipinski definition) is 5. The summed E-state index contributed by atoms with van der Waals surface area (Å²) >= 11 is 0. The lowest BCUT2D eigenvalue weighted by molar-refractivity contribution is 0.0515. The second kappa shape index (κ2) is 7.44. The lowest BCUT2D eigenvalue weighted by Crippen LogP contribution is -2.50. The van der Waals surface area contributed by atoms with Crippen molar-refractivity contribution in [2.75, 3.05) is 26.2 Å². The van der Waals surface area contributed by atoms with Gasteiger partial charge < -0.3 is 14.2 Å². The average Bonchev–Trinajstić information content (AvgIpc) is 3.22. The summed E-state index contributed by atoms with van der Waals surface area (Å²) in [6.07, 6.45) is 3.18. The van der Waals surface area contributed by atoms with Gasteiger partial charge in [0.2, 0.25) is 0 Å². The maximum atomic E-state index is 12.8. The first-order valence-corrected chi connectivity index (χ1v) is 10.3. The number of fused-ring (bicyclic) bond motifs is 2.